The molecule has 0 radical (unpaired) electrons. The first-order chi connectivity index (χ1) is 11.7. The van der Waals surface area contributed by atoms with Crippen molar-refractivity contribution in [2.75, 3.05) is 5.73 Å². The first kappa shape index (κ1) is 15.0. The van der Waals surface area contributed by atoms with Crippen LogP contribution in [0, 0.1) is 5.92 Å². The molecule has 1 fully saturated rings. The minimum Gasteiger partial charge on any atom is -0.472 e. The van der Waals surface area contributed by atoms with Crippen LogP contribution in [0.2, 0.25) is 0 Å². The lowest BCUT2D eigenvalue weighted by molar-refractivity contribution is 0.298. The number of pyridine rings is 1. The van der Waals surface area contributed by atoms with Gasteiger partial charge in [0.1, 0.15) is 12.0 Å². The molecule has 2 unspecified atom stereocenters. The number of aromatic nitrogens is 3. The van der Waals surface area contributed by atoms with Crippen molar-refractivity contribution >= 4 is 16.7 Å². The molecule has 0 aliphatic heterocycles. The van der Waals surface area contributed by atoms with Crippen molar-refractivity contribution in [3.05, 3.63) is 48.2 Å². The maximum atomic E-state index is 6.21. The minimum absolute atomic E-state index is 0.411. The number of rotatable bonds is 4. The quantitative estimate of drug-likeness (QED) is 0.789. The van der Waals surface area contributed by atoms with Crippen molar-refractivity contribution < 1.29 is 4.74 Å². The van der Waals surface area contributed by atoms with Gasteiger partial charge in [0.15, 0.2) is 5.82 Å². The zero-order chi connectivity index (χ0) is 16.5. The molecule has 0 saturated heterocycles. The highest BCUT2D eigenvalue weighted by Crippen LogP contribution is 2.39. The van der Waals surface area contributed by atoms with Gasteiger partial charge < -0.3 is 10.5 Å². The summed E-state index contributed by atoms with van der Waals surface area (Å²) in [4.78, 5) is 4.39. The molecule has 5 nitrogen and oxygen atoms in total. The van der Waals surface area contributed by atoms with Crippen LogP contribution >= 0.6 is 0 Å². The molecule has 5 heteroatoms. The molecule has 0 amide bonds. The van der Waals surface area contributed by atoms with E-state index in [1.54, 1.807) is 6.20 Å². The van der Waals surface area contributed by atoms with Crippen molar-refractivity contribution in [1.82, 2.24) is 14.8 Å². The third-order valence-corrected chi connectivity index (χ3v) is 4.96. The fraction of sp³-hybridized carbons (Fsp3) is 0.368. The SMILES string of the molecule is CC1CCCC1n1nc(N)c2c(OCc3ccccc3)nccc21. The number of ether oxygens (including phenoxy) is 1. The Hall–Kier alpha value is -2.56. The Labute approximate surface area is 141 Å². The lowest BCUT2D eigenvalue weighted by Gasteiger charge is -2.17. The lowest BCUT2D eigenvalue weighted by Crippen LogP contribution is -2.13. The zero-order valence-corrected chi connectivity index (χ0v) is 13.9. The number of nitrogens with two attached hydrogens (primary N) is 1. The second-order valence-electron chi connectivity index (χ2n) is 6.59. The molecule has 2 N–H and O–H groups in total. The van der Waals surface area contributed by atoms with Crippen molar-refractivity contribution in [3.63, 3.8) is 0 Å². The third kappa shape index (κ3) is 2.60. The molecular weight excluding hydrogens is 300 g/mol. The maximum Gasteiger partial charge on any atom is 0.227 e. The highest BCUT2D eigenvalue weighted by Gasteiger charge is 2.28. The molecule has 3 aromatic rings. The van der Waals surface area contributed by atoms with Crippen LogP contribution in [0.25, 0.3) is 10.9 Å². The lowest BCUT2D eigenvalue weighted by atomic mass is 10.1. The fourth-order valence-corrected chi connectivity index (χ4v) is 3.66. The van der Waals surface area contributed by atoms with Gasteiger partial charge in [-0.3, -0.25) is 4.68 Å². The molecule has 0 bridgehead atoms. The van der Waals surface area contributed by atoms with Crippen molar-refractivity contribution in [2.24, 2.45) is 5.92 Å². The molecule has 1 aromatic carbocycles. The van der Waals surface area contributed by atoms with E-state index >= 15 is 0 Å². The number of nitrogens with zero attached hydrogens (tertiary/aromatic N) is 3. The Bertz CT molecular complexity index is 843. The molecule has 1 aliphatic carbocycles. The molecule has 124 valence electrons. The first-order valence-corrected chi connectivity index (χ1v) is 8.53. The standard InChI is InChI=1S/C19H22N4O/c1-13-6-5-9-15(13)23-16-10-11-21-19(17(16)18(20)22-23)24-12-14-7-3-2-4-8-14/h2-4,7-8,10-11,13,15H,5-6,9,12H2,1H3,(H2,20,22). The molecule has 24 heavy (non-hydrogen) atoms. The van der Waals surface area contributed by atoms with Gasteiger partial charge >= 0.3 is 0 Å². The molecular formula is C19H22N4O. The minimum atomic E-state index is 0.411. The van der Waals surface area contributed by atoms with E-state index in [1.165, 1.54) is 12.8 Å². The van der Waals surface area contributed by atoms with E-state index in [0.717, 1.165) is 22.9 Å². The van der Waals surface area contributed by atoms with Crippen LogP contribution in [0.5, 0.6) is 5.88 Å². The van der Waals surface area contributed by atoms with Crippen molar-refractivity contribution in [3.8, 4) is 5.88 Å². The van der Waals surface area contributed by atoms with Crippen molar-refractivity contribution in [1.29, 1.82) is 0 Å². The summed E-state index contributed by atoms with van der Waals surface area (Å²) in [6, 6.07) is 12.5. The normalized spacial score (nSPS) is 20.5. The van der Waals surface area contributed by atoms with E-state index < -0.39 is 0 Å². The van der Waals surface area contributed by atoms with E-state index in [0.29, 0.717) is 30.3 Å². The molecule has 2 atom stereocenters. The summed E-state index contributed by atoms with van der Waals surface area (Å²) in [6.07, 6.45) is 5.42. The van der Waals surface area contributed by atoms with Crippen LogP contribution in [0.4, 0.5) is 5.82 Å². The third-order valence-electron chi connectivity index (χ3n) is 4.96. The van der Waals surface area contributed by atoms with Crippen LogP contribution in [-0.2, 0) is 6.61 Å². The predicted molar refractivity (Wildman–Crippen MR) is 94.8 cm³/mol. The van der Waals surface area contributed by atoms with Crippen LogP contribution in [0.3, 0.4) is 0 Å². The van der Waals surface area contributed by atoms with E-state index in [4.69, 9.17) is 10.5 Å². The molecule has 1 saturated carbocycles. The monoisotopic (exact) mass is 322 g/mol. The molecule has 2 aromatic heterocycles. The number of benzene rings is 1. The number of hydrogen-bond donors (Lipinski definition) is 1. The van der Waals surface area contributed by atoms with Gasteiger partial charge in [-0.15, -0.1) is 0 Å². The summed E-state index contributed by atoms with van der Waals surface area (Å²) < 4.78 is 8.03. The topological polar surface area (TPSA) is 66.0 Å². The fourth-order valence-electron chi connectivity index (χ4n) is 3.66. The Kier molecular flexibility index (Phi) is 3.84. The zero-order valence-electron chi connectivity index (χ0n) is 13.9. The van der Waals surface area contributed by atoms with Crippen molar-refractivity contribution in [2.45, 2.75) is 38.8 Å². The molecule has 1 aliphatic rings. The molecule has 4 rings (SSSR count). The largest absolute Gasteiger partial charge is 0.472 e. The summed E-state index contributed by atoms with van der Waals surface area (Å²) in [5.74, 6) is 1.68. The van der Waals surface area contributed by atoms with E-state index in [1.807, 2.05) is 36.4 Å². The van der Waals surface area contributed by atoms with E-state index in [9.17, 15) is 0 Å². The van der Waals surface area contributed by atoms with Gasteiger partial charge in [0, 0.05) is 6.20 Å². The van der Waals surface area contributed by atoms with Gasteiger partial charge in [0.05, 0.1) is 11.6 Å². The average Bonchev–Trinajstić information content (AvgIpc) is 3.17. The number of hydrogen-bond acceptors (Lipinski definition) is 4. The smallest absolute Gasteiger partial charge is 0.227 e. The predicted octanol–water partition coefficient (Wildman–Crippen LogP) is 3.95. The molecule has 0 spiro atoms. The van der Waals surface area contributed by atoms with Gasteiger partial charge in [0.25, 0.3) is 0 Å². The highest BCUT2D eigenvalue weighted by molar-refractivity contribution is 5.93. The summed E-state index contributed by atoms with van der Waals surface area (Å²) in [7, 11) is 0. The van der Waals surface area contributed by atoms with Gasteiger partial charge in [-0.25, -0.2) is 4.98 Å². The Morgan fingerprint density at radius 3 is 2.79 bits per heavy atom. The Morgan fingerprint density at radius 1 is 1.21 bits per heavy atom. The summed E-state index contributed by atoms with van der Waals surface area (Å²) in [6.45, 7) is 2.76. The van der Waals surface area contributed by atoms with Crippen LogP contribution in [0.15, 0.2) is 42.6 Å². The second-order valence-corrected chi connectivity index (χ2v) is 6.59. The molecule has 2 heterocycles. The van der Waals surface area contributed by atoms with E-state index in [-0.39, 0.29) is 0 Å². The summed E-state index contributed by atoms with van der Waals surface area (Å²) in [5.41, 5.74) is 8.33. The summed E-state index contributed by atoms with van der Waals surface area (Å²) in [5, 5.41) is 5.44. The van der Waals surface area contributed by atoms with Gasteiger partial charge in [0.2, 0.25) is 5.88 Å². The summed E-state index contributed by atoms with van der Waals surface area (Å²) >= 11 is 0. The number of anilines is 1. The highest BCUT2D eigenvalue weighted by atomic mass is 16.5. The first-order valence-electron chi connectivity index (χ1n) is 8.53. The second kappa shape index (κ2) is 6.15. The van der Waals surface area contributed by atoms with Crippen LogP contribution < -0.4 is 10.5 Å². The Balaban J connectivity index is 1.68. The average molecular weight is 322 g/mol. The van der Waals surface area contributed by atoms with Gasteiger partial charge in [-0.05, 0) is 30.4 Å². The van der Waals surface area contributed by atoms with Crippen LogP contribution in [0.1, 0.15) is 37.8 Å². The van der Waals surface area contributed by atoms with Gasteiger partial charge in [-0.1, -0.05) is 43.7 Å². The van der Waals surface area contributed by atoms with Gasteiger partial charge in [-0.2, -0.15) is 5.10 Å². The van der Waals surface area contributed by atoms with E-state index in [2.05, 4.69) is 21.7 Å². The van der Waals surface area contributed by atoms with Crippen LogP contribution in [-0.4, -0.2) is 14.8 Å². The Morgan fingerprint density at radius 2 is 2.04 bits per heavy atom. The number of fused-ring (bicyclic) bond motifs is 1. The maximum absolute atomic E-state index is 6.21. The number of nitrogen functional groups attached to an aromatic ring is 1.